The Labute approximate surface area is 228 Å². The molecule has 1 atom stereocenters. The number of rotatable bonds is 6. The van der Waals surface area contributed by atoms with Gasteiger partial charge in [-0.25, -0.2) is 8.42 Å². The molecular formula is C29H33N3O6S. The molecule has 0 unspecified atom stereocenters. The molecule has 206 valence electrons. The largest absolute Gasteiger partial charge is 0.459 e. The van der Waals surface area contributed by atoms with Gasteiger partial charge in [0, 0.05) is 31.7 Å². The van der Waals surface area contributed by atoms with Crippen LogP contribution in [0, 0.1) is 6.92 Å². The first kappa shape index (κ1) is 28.1. The van der Waals surface area contributed by atoms with Crippen molar-refractivity contribution in [1.29, 1.82) is 0 Å². The lowest BCUT2D eigenvalue weighted by atomic mass is 9.86. The maximum atomic E-state index is 13.6. The SMILES string of the molecule is Cc1ccc(S(=O)(=O)[C@@H](NC(=O)c2ccco2)C(=O)N2CCN(C(=O)c3ccc(C(C)(C)C)cc3)CC2)cc1. The van der Waals surface area contributed by atoms with E-state index in [1.807, 2.05) is 19.1 Å². The summed E-state index contributed by atoms with van der Waals surface area (Å²) in [6.45, 7) is 8.83. The van der Waals surface area contributed by atoms with Gasteiger partial charge in [-0.1, -0.05) is 50.6 Å². The van der Waals surface area contributed by atoms with Crippen molar-refractivity contribution in [3.05, 3.63) is 89.4 Å². The lowest BCUT2D eigenvalue weighted by Crippen LogP contribution is -2.57. The van der Waals surface area contributed by atoms with Gasteiger partial charge in [-0.2, -0.15) is 0 Å². The van der Waals surface area contributed by atoms with Crippen LogP contribution < -0.4 is 5.32 Å². The molecule has 1 N–H and O–H groups in total. The topological polar surface area (TPSA) is 117 Å². The van der Waals surface area contributed by atoms with Gasteiger partial charge in [0.25, 0.3) is 17.7 Å². The van der Waals surface area contributed by atoms with Crippen LogP contribution in [0.25, 0.3) is 0 Å². The lowest BCUT2D eigenvalue weighted by molar-refractivity contribution is -0.132. The molecule has 10 heteroatoms. The summed E-state index contributed by atoms with van der Waals surface area (Å²) in [5.74, 6) is -1.85. The summed E-state index contributed by atoms with van der Waals surface area (Å²) in [6.07, 6.45) is 1.28. The highest BCUT2D eigenvalue weighted by Crippen LogP contribution is 2.23. The predicted molar refractivity (Wildman–Crippen MR) is 146 cm³/mol. The smallest absolute Gasteiger partial charge is 0.288 e. The van der Waals surface area contributed by atoms with Crippen LogP contribution in [-0.2, 0) is 20.0 Å². The Morgan fingerprint density at radius 2 is 1.46 bits per heavy atom. The third-order valence-corrected chi connectivity index (χ3v) is 8.64. The molecule has 0 aliphatic carbocycles. The van der Waals surface area contributed by atoms with Crippen LogP contribution in [-0.4, -0.2) is 67.5 Å². The zero-order valence-corrected chi connectivity index (χ0v) is 23.3. The van der Waals surface area contributed by atoms with E-state index >= 15 is 0 Å². The van der Waals surface area contributed by atoms with Crippen molar-refractivity contribution in [3.8, 4) is 0 Å². The second kappa shape index (κ2) is 11.1. The monoisotopic (exact) mass is 551 g/mol. The van der Waals surface area contributed by atoms with Crippen molar-refractivity contribution in [3.63, 3.8) is 0 Å². The Hall–Kier alpha value is -3.92. The maximum Gasteiger partial charge on any atom is 0.288 e. The van der Waals surface area contributed by atoms with Gasteiger partial charge < -0.3 is 19.5 Å². The molecule has 1 aliphatic rings. The highest BCUT2D eigenvalue weighted by atomic mass is 32.2. The van der Waals surface area contributed by atoms with E-state index in [1.165, 1.54) is 35.4 Å². The lowest BCUT2D eigenvalue weighted by Gasteiger charge is -2.36. The summed E-state index contributed by atoms with van der Waals surface area (Å²) in [5, 5.41) is 0.498. The first-order valence-corrected chi connectivity index (χ1v) is 14.3. The van der Waals surface area contributed by atoms with E-state index in [0.29, 0.717) is 5.56 Å². The van der Waals surface area contributed by atoms with Crippen LogP contribution in [0.4, 0.5) is 0 Å². The Morgan fingerprint density at radius 1 is 0.872 bits per heavy atom. The minimum atomic E-state index is -4.29. The van der Waals surface area contributed by atoms with E-state index in [2.05, 4.69) is 26.1 Å². The molecule has 1 aromatic heterocycles. The molecule has 0 spiro atoms. The second-order valence-corrected chi connectivity index (χ2v) is 12.7. The molecule has 3 aromatic rings. The van der Waals surface area contributed by atoms with Gasteiger partial charge in [-0.05, 0) is 54.3 Å². The van der Waals surface area contributed by atoms with Crippen LogP contribution >= 0.6 is 0 Å². The van der Waals surface area contributed by atoms with Gasteiger partial charge in [0.05, 0.1) is 11.2 Å². The summed E-state index contributed by atoms with van der Waals surface area (Å²) in [5.41, 5.74) is 2.49. The summed E-state index contributed by atoms with van der Waals surface area (Å²) in [6, 6.07) is 16.4. The molecule has 9 nitrogen and oxygen atoms in total. The number of furan rings is 1. The summed E-state index contributed by atoms with van der Waals surface area (Å²) >= 11 is 0. The quantitative estimate of drug-likeness (QED) is 0.502. The number of hydrogen-bond acceptors (Lipinski definition) is 6. The highest BCUT2D eigenvalue weighted by Gasteiger charge is 2.40. The van der Waals surface area contributed by atoms with Crippen molar-refractivity contribution in [2.75, 3.05) is 26.2 Å². The number of sulfone groups is 1. The van der Waals surface area contributed by atoms with Crippen LogP contribution in [0.3, 0.4) is 0 Å². The average molecular weight is 552 g/mol. The van der Waals surface area contributed by atoms with Gasteiger partial charge in [0.15, 0.2) is 5.76 Å². The number of carbonyl (C=O) groups is 3. The molecule has 39 heavy (non-hydrogen) atoms. The summed E-state index contributed by atoms with van der Waals surface area (Å²) < 4.78 is 32.1. The molecule has 4 rings (SSSR count). The number of aryl methyl sites for hydroxylation is 1. The van der Waals surface area contributed by atoms with Crippen molar-refractivity contribution < 1.29 is 27.2 Å². The van der Waals surface area contributed by atoms with Crippen LogP contribution in [0.2, 0.25) is 0 Å². The third-order valence-electron chi connectivity index (χ3n) is 6.77. The first-order valence-electron chi connectivity index (χ1n) is 12.7. The Kier molecular flexibility index (Phi) is 7.96. The predicted octanol–water partition coefficient (Wildman–Crippen LogP) is 3.40. The van der Waals surface area contributed by atoms with Gasteiger partial charge in [0.1, 0.15) is 0 Å². The molecule has 3 amide bonds. The van der Waals surface area contributed by atoms with E-state index in [4.69, 9.17) is 4.42 Å². The van der Waals surface area contributed by atoms with E-state index < -0.39 is 27.0 Å². The average Bonchev–Trinajstić information content (AvgIpc) is 3.46. The van der Waals surface area contributed by atoms with E-state index in [1.54, 1.807) is 29.2 Å². The number of nitrogens with zero attached hydrogens (tertiary/aromatic N) is 2. The first-order chi connectivity index (χ1) is 18.4. The molecule has 1 saturated heterocycles. The number of carbonyl (C=O) groups excluding carboxylic acids is 3. The minimum Gasteiger partial charge on any atom is -0.459 e. The van der Waals surface area contributed by atoms with Crippen molar-refractivity contribution >= 4 is 27.6 Å². The number of nitrogens with one attached hydrogen (secondary N) is 1. The van der Waals surface area contributed by atoms with Gasteiger partial charge in [0.2, 0.25) is 15.2 Å². The van der Waals surface area contributed by atoms with Crippen molar-refractivity contribution in [2.24, 2.45) is 0 Å². The normalized spacial score (nSPS) is 15.1. The number of amides is 3. The Balaban J connectivity index is 1.50. The molecule has 1 fully saturated rings. The van der Waals surface area contributed by atoms with E-state index in [0.717, 1.165) is 11.1 Å². The fourth-order valence-corrected chi connectivity index (χ4v) is 5.79. The van der Waals surface area contributed by atoms with Crippen LogP contribution in [0.1, 0.15) is 52.8 Å². The molecule has 1 aliphatic heterocycles. The number of benzene rings is 2. The van der Waals surface area contributed by atoms with E-state index in [-0.39, 0.29) is 48.2 Å². The van der Waals surface area contributed by atoms with Gasteiger partial charge in [-0.15, -0.1) is 0 Å². The molecule has 2 aromatic carbocycles. The van der Waals surface area contributed by atoms with Crippen molar-refractivity contribution in [1.82, 2.24) is 15.1 Å². The maximum absolute atomic E-state index is 13.6. The molecular weight excluding hydrogens is 518 g/mol. The molecule has 2 heterocycles. The van der Waals surface area contributed by atoms with Crippen molar-refractivity contribution in [2.45, 2.75) is 43.4 Å². The second-order valence-electron chi connectivity index (χ2n) is 10.6. The minimum absolute atomic E-state index is 0.0324. The summed E-state index contributed by atoms with van der Waals surface area (Å²) in [7, 11) is -4.29. The number of piperazine rings is 1. The highest BCUT2D eigenvalue weighted by molar-refractivity contribution is 7.92. The fraction of sp³-hybridized carbons (Fsp3) is 0.345. The molecule has 0 radical (unpaired) electrons. The zero-order chi connectivity index (χ0) is 28.4. The van der Waals surface area contributed by atoms with Gasteiger partial charge in [-0.3, -0.25) is 14.4 Å². The van der Waals surface area contributed by atoms with Crippen LogP contribution in [0.15, 0.2) is 76.2 Å². The molecule has 0 saturated carbocycles. The van der Waals surface area contributed by atoms with Gasteiger partial charge >= 0.3 is 0 Å². The molecule has 0 bridgehead atoms. The third kappa shape index (κ3) is 6.22. The zero-order valence-electron chi connectivity index (χ0n) is 22.5. The number of hydrogen-bond donors (Lipinski definition) is 1. The Bertz CT molecular complexity index is 1430. The van der Waals surface area contributed by atoms with Crippen LogP contribution in [0.5, 0.6) is 0 Å². The fourth-order valence-electron chi connectivity index (χ4n) is 4.33. The Morgan fingerprint density at radius 3 is 2.00 bits per heavy atom. The summed E-state index contributed by atoms with van der Waals surface area (Å²) in [4.78, 5) is 42.3. The van der Waals surface area contributed by atoms with E-state index in [9.17, 15) is 22.8 Å². The standard InChI is InChI=1S/C29H33N3O6S/c1-20-7-13-23(14-8-20)39(36,37)26(30-25(33)24-6-5-19-38-24)28(35)32-17-15-31(16-18-32)27(34)21-9-11-22(12-10-21)29(2,3)4/h5-14,19,26H,15-18H2,1-4H3,(H,30,33)/t26-/m1/s1.